The van der Waals surface area contributed by atoms with Crippen molar-refractivity contribution in [3.63, 3.8) is 0 Å². The van der Waals surface area contributed by atoms with E-state index in [0.29, 0.717) is 20.9 Å². The highest BCUT2D eigenvalue weighted by molar-refractivity contribution is 8.26. The molecular weight excluding hydrogens is 302 g/mol. The fourth-order valence-electron chi connectivity index (χ4n) is 2.34. The molecule has 1 aromatic rings. The van der Waals surface area contributed by atoms with E-state index in [9.17, 15) is 4.79 Å². The van der Waals surface area contributed by atoms with Crippen LogP contribution in [0.25, 0.3) is 6.08 Å². The van der Waals surface area contributed by atoms with E-state index in [1.54, 1.807) is 17.2 Å². The van der Waals surface area contributed by atoms with Crippen LogP contribution in [0.3, 0.4) is 0 Å². The number of carbonyl (C=O) groups is 1. The Labute approximate surface area is 135 Å². The van der Waals surface area contributed by atoms with Gasteiger partial charge in [-0.15, -0.1) is 0 Å². The monoisotopic (exact) mass is 323 g/mol. The number of unbranched alkanes of at least 4 members (excludes halogenated alkanes) is 1. The molecule has 0 aliphatic carbocycles. The summed E-state index contributed by atoms with van der Waals surface area (Å²) in [6.45, 7) is 5.10. The summed E-state index contributed by atoms with van der Waals surface area (Å²) < 4.78 is 5.93. The molecule has 1 fully saturated rings. The van der Waals surface area contributed by atoms with E-state index < -0.39 is 0 Å². The van der Waals surface area contributed by atoms with Crippen molar-refractivity contribution in [2.24, 2.45) is 5.92 Å². The summed E-state index contributed by atoms with van der Waals surface area (Å²) in [6.07, 6.45) is 8.00. The average Bonchev–Trinajstić information content (AvgIpc) is 3.07. The van der Waals surface area contributed by atoms with Gasteiger partial charge in [0.25, 0.3) is 5.91 Å². The van der Waals surface area contributed by atoms with Gasteiger partial charge in [-0.05, 0) is 24.5 Å². The zero-order chi connectivity index (χ0) is 15.2. The van der Waals surface area contributed by atoms with Crippen molar-refractivity contribution in [3.05, 3.63) is 29.1 Å². The molecule has 0 aromatic carbocycles. The molecule has 21 heavy (non-hydrogen) atoms. The number of rotatable bonds is 7. The summed E-state index contributed by atoms with van der Waals surface area (Å²) >= 11 is 6.73. The number of carbonyl (C=O) groups excluding carboxylic acids is 1. The van der Waals surface area contributed by atoms with E-state index in [-0.39, 0.29) is 5.91 Å². The number of hydrogen-bond donors (Lipinski definition) is 0. The smallest absolute Gasteiger partial charge is 0.266 e. The first-order valence-corrected chi connectivity index (χ1v) is 8.67. The molecule has 1 unspecified atom stereocenters. The Kier molecular flexibility index (Phi) is 6.06. The normalized spacial score (nSPS) is 18.8. The summed E-state index contributed by atoms with van der Waals surface area (Å²) in [5, 5.41) is 0. The van der Waals surface area contributed by atoms with Gasteiger partial charge >= 0.3 is 0 Å². The lowest BCUT2D eigenvalue weighted by molar-refractivity contribution is -0.122. The van der Waals surface area contributed by atoms with Crippen LogP contribution in [0.5, 0.6) is 0 Å². The van der Waals surface area contributed by atoms with Crippen LogP contribution in [0.2, 0.25) is 0 Å². The fourth-order valence-corrected chi connectivity index (χ4v) is 3.59. The molecule has 1 saturated heterocycles. The van der Waals surface area contributed by atoms with Crippen molar-refractivity contribution in [3.8, 4) is 0 Å². The predicted molar refractivity (Wildman–Crippen MR) is 91.9 cm³/mol. The Bertz CT molecular complexity index is 522. The second-order valence-electron chi connectivity index (χ2n) is 5.22. The van der Waals surface area contributed by atoms with Crippen LogP contribution in [0.1, 0.15) is 45.3 Å². The molecule has 0 saturated carbocycles. The molecule has 1 aliphatic rings. The van der Waals surface area contributed by atoms with Crippen LogP contribution in [-0.2, 0) is 4.79 Å². The zero-order valence-corrected chi connectivity index (χ0v) is 14.1. The second kappa shape index (κ2) is 7.80. The van der Waals surface area contributed by atoms with Crippen molar-refractivity contribution in [2.75, 3.05) is 6.54 Å². The van der Waals surface area contributed by atoms with Gasteiger partial charge in [-0.3, -0.25) is 9.69 Å². The van der Waals surface area contributed by atoms with Crippen LogP contribution in [0.4, 0.5) is 0 Å². The van der Waals surface area contributed by atoms with Crippen molar-refractivity contribution in [1.29, 1.82) is 0 Å². The molecule has 1 aromatic heterocycles. The Morgan fingerprint density at radius 2 is 2.29 bits per heavy atom. The summed E-state index contributed by atoms with van der Waals surface area (Å²) in [5.41, 5.74) is 0. The number of nitrogens with zero attached hydrogens (tertiary/aromatic N) is 1. The van der Waals surface area contributed by atoms with E-state index in [4.69, 9.17) is 16.6 Å². The third-order valence-electron chi connectivity index (χ3n) is 3.67. The summed E-state index contributed by atoms with van der Waals surface area (Å²) in [5.74, 6) is 1.22. The highest BCUT2D eigenvalue weighted by Crippen LogP contribution is 2.33. The summed E-state index contributed by atoms with van der Waals surface area (Å²) in [7, 11) is 0. The van der Waals surface area contributed by atoms with E-state index in [1.165, 1.54) is 24.6 Å². The van der Waals surface area contributed by atoms with E-state index in [1.807, 2.05) is 12.1 Å². The minimum atomic E-state index is 0.0105. The number of thiocarbonyl (C=S) groups is 1. The number of hydrogen-bond acceptors (Lipinski definition) is 4. The highest BCUT2D eigenvalue weighted by atomic mass is 32.2. The van der Waals surface area contributed by atoms with Crippen LogP contribution in [0.15, 0.2) is 27.7 Å². The average molecular weight is 323 g/mol. The van der Waals surface area contributed by atoms with Crippen molar-refractivity contribution in [2.45, 2.75) is 39.5 Å². The molecule has 2 heterocycles. The van der Waals surface area contributed by atoms with Crippen LogP contribution < -0.4 is 0 Å². The highest BCUT2D eigenvalue weighted by Gasteiger charge is 2.33. The first-order valence-electron chi connectivity index (χ1n) is 7.44. The van der Waals surface area contributed by atoms with E-state index in [0.717, 1.165) is 19.4 Å². The lowest BCUT2D eigenvalue weighted by Crippen LogP contribution is -2.33. The lowest BCUT2D eigenvalue weighted by atomic mass is 9.99. The van der Waals surface area contributed by atoms with Crippen molar-refractivity contribution < 1.29 is 9.21 Å². The van der Waals surface area contributed by atoms with Gasteiger partial charge in [0.05, 0.1) is 11.2 Å². The second-order valence-corrected chi connectivity index (χ2v) is 6.90. The Morgan fingerprint density at radius 1 is 1.48 bits per heavy atom. The molecule has 2 rings (SSSR count). The molecule has 1 amide bonds. The Balaban J connectivity index is 2.04. The molecular formula is C16H21NO2S2. The van der Waals surface area contributed by atoms with Crippen LogP contribution in [-0.4, -0.2) is 21.7 Å². The first kappa shape index (κ1) is 16.3. The maximum Gasteiger partial charge on any atom is 0.266 e. The van der Waals surface area contributed by atoms with Gasteiger partial charge in [0, 0.05) is 12.6 Å². The van der Waals surface area contributed by atoms with Gasteiger partial charge in [0.1, 0.15) is 10.1 Å². The summed E-state index contributed by atoms with van der Waals surface area (Å²) in [6, 6.07) is 3.65. The van der Waals surface area contributed by atoms with E-state index in [2.05, 4.69) is 13.8 Å². The fraction of sp³-hybridized carbons (Fsp3) is 0.500. The minimum absolute atomic E-state index is 0.0105. The van der Waals surface area contributed by atoms with Gasteiger partial charge in [-0.2, -0.15) is 0 Å². The lowest BCUT2D eigenvalue weighted by Gasteiger charge is -2.21. The Morgan fingerprint density at radius 3 is 2.90 bits per heavy atom. The Hall–Kier alpha value is -1.07. The van der Waals surface area contributed by atoms with Crippen LogP contribution in [0, 0.1) is 5.92 Å². The number of amides is 1. The number of thioether (sulfide) groups is 1. The van der Waals surface area contributed by atoms with Gasteiger partial charge in [0.15, 0.2) is 0 Å². The zero-order valence-electron chi connectivity index (χ0n) is 12.5. The molecule has 0 radical (unpaired) electrons. The molecule has 0 bridgehead atoms. The quantitative estimate of drug-likeness (QED) is 0.538. The van der Waals surface area contributed by atoms with Crippen molar-refractivity contribution in [1.82, 2.24) is 4.90 Å². The van der Waals surface area contributed by atoms with Gasteiger partial charge < -0.3 is 4.42 Å². The molecule has 1 atom stereocenters. The molecule has 0 spiro atoms. The van der Waals surface area contributed by atoms with Gasteiger partial charge in [0.2, 0.25) is 0 Å². The largest absolute Gasteiger partial charge is 0.465 e. The molecule has 0 N–H and O–H groups in total. The first-order chi connectivity index (χ1) is 10.2. The van der Waals surface area contributed by atoms with Crippen LogP contribution >= 0.6 is 24.0 Å². The maximum absolute atomic E-state index is 12.5. The number of furan rings is 1. The molecule has 3 nitrogen and oxygen atoms in total. The standard InChI is InChI=1S/C16H21NO2S2/c1-3-5-7-12(4-2)11-17-15(18)14(21-16(17)20)10-13-8-6-9-19-13/h6,8-10,12H,3-5,7,11H2,1-2H3/b14-10-. The maximum atomic E-state index is 12.5. The molecule has 114 valence electrons. The predicted octanol–water partition coefficient (Wildman–Crippen LogP) is 4.70. The van der Waals surface area contributed by atoms with E-state index >= 15 is 0 Å². The third kappa shape index (κ3) is 4.20. The topological polar surface area (TPSA) is 33.5 Å². The SMILES string of the molecule is CCCCC(CC)CN1C(=O)/C(=C/c2ccco2)SC1=S. The van der Waals surface area contributed by atoms with Gasteiger partial charge in [-0.25, -0.2) is 0 Å². The van der Waals surface area contributed by atoms with Gasteiger partial charge in [-0.1, -0.05) is 57.1 Å². The van der Waals surface area contributed by atoms with Crippen molar-refractivity contribution >= 4 is 40.3 Å². The minimum Gasteiger partial charge on any atom is -0.465 e. The summed E-state index contributed by atoms with van der Waals surface area (Å²) in [4.78, 5) is 14.9. The molecule has 1 aliphatic heterocycles. The third-order valence-corrected chi connectivity index (χ3v) is 5.05. The molecule has 5 heteroatoms.